The van der Waals surface area contributed by atoms with Crippen molar-refractivity contribution in [3.8, 4) is 5.75 Å². The van der Waals surface area contributed by atoms with E-state index in [0.29, 0.717) is 16.5 Å². The van der Waals surface area contributed by atoms with Gasteiger partial charge in [0.05, 0.1) is 25.1 Å². The molecular weight excluding hydrogens is 324 g/mol. The highest BCUT2D eigenvalue weighted by Gasteiger charge is 2.08. The third-order valence-corrected chi connectivity index (χ3v) is 3.97. The molecule has 1 aromatic carbocycles. The van der Waals surface area contributed by atoms with Crippen molar-refractivity contribution in [2.75, 3.05) is 19.0 Å². The fourth-order valence-electron chi connectivity index (χ4n) is 1.76. The van der Waals surface area contributed by atoms with Gasteiger partial charge >= 0.3 is 0 Å². The predicted octanol–water partition coefficient (Wildman–Crippen LogP) is 2.71. The Morgan fingerprint density at radius 2 is 2.09 bits per heavy atom. The molecular formula is C15H15ClN2O3S. The number of halogens is 1. The second kappa shape index (κ2) is 7.82. The topological polar surface area (TPSA) is 67.4 Å². The highest BCUT2D eigenvalue weighted by Crippen LogP contribution is 2.27. The first kappa shape index (κ1) is 16.3. The summed E-state index contributed by atoms with van der Waals surface area (Å²) in [5, 5.41) is 7.54. The molecule has 0 aliphatic rings. The number of benzene rings is 1. The number of thiophene rings is 1. The van der Waals surface area contributed by atoms with Crippen LogP contribution in [0.15, 0.2) is 35.7 Å². The van der Waals surface area contributed by atoms with E-state index in [1.54, 1.807) is 18.2 Å². The molecule has 0 fully saturated rings. The summed E-state index contributed by atoms with van der Waals surface area (Å²) in [7, 11) is 1.52. The minimum absolute atomic E-state index is 0.0894. The Bertz CT molecular complexity index is 659. The van der Waals surface area contributed by atoms with Crippen LogP contribution in [-0.4, -0.2) is 25.5 Å². The van der Waals surface area contributed by atoms with Crippen LogP contribution in [0.4, 0.5) is 5.69 Å². The van der Waals surface area contributed by atoms with E-state index in [1.165, 1.54) is 18.4 Å². The van der Waals surface area contributed by atoms with E-state index in [-0.39, 0.29) is 24.8 Å². The molecule has 0 saturated heterocycles. The molecule has 1 aromatic heterocycles. The lowest BCUT2D eigenvalue weighted by atomic mass is 10.3. The van der Waals surface area contributed by atoms with E-state index in [1.807, 2.05) is 17.5 Å². The molecule has 0 aliphatic heterocycles. The average Bonchev–Trinajstić information content (AvgIpc) is 2.98. The fraction of sp³-hybridized carbons (Fsp3) is 0.200. The summed E-state index contributed by atoms with van der Waals surface area (Å²) in [5.74, 6) is 0.0232. The molecule has 2 aromatic rings. The maximum absolute atomic E-state index is 11.8. The fourth-order valence-corrected chi connectivity index (χ4v) is 2.72. The summed E-state index contributed by atoms with van der Waals surface area (Å²) in [4.78, 5) is 24.4. The minimum Gasteiger partial charge on any atom is -0.495 e. The van der Waals surface area contributed by atoms with E-state index >= 15 is 0 Å². The smallest absolute Gasteiger partial charge is 0.243 e. The normalized spacial score (nSPS) is 10.1. The SMILES string of the molecule is COc1ccc(NC(=O)CNC(=O)Cc2cccs2)cc1Cl. The van der Waals surface area contributed by atoms with Gasteiger partial charge in [-0.05, 0) is 29.6 Å². The Kier molecular flexibility index (Phi) is 5.80. The lowest BCUT2D eigenvalue weighted by molar-refractivity contribution is -0.123. The molecule has 0 radical (unpaired) electrons. The highest BCUT2D eigenvalue weighted by molar-refractivity contribution is 7.10. The third-order valence-electron chi connectivity index (χ3n) is 2.80. The van der Waals surface area contributed by atoms with Crippen LogP contribution in [0.2, 0.25) is 5.02 Å². The molecule has 22 heavy (non-hydrogen) atoms. The summed E-state index contributed by atoms with van der Waals surface area (Å²) in [6.07, 6.45) is 0.277. The Balaban J connectivity index is 1.80. The lowest BCUT2D eigenvalue weighted by Gasteiger charge is -2.08. The zero-order valence-electron chi connectivity index (χ0n) is 11.9. The molecule has 7 heteroatoms. The molecule has 0 saturated carbocycles. The molecule has 2 N–H and O–H groups in total. The molecule has 0 atom stereocenters. The van der Waals surface area contributed by atoms with Crippen LogP contribution in [0.25, 0.3) is 0 Å². The second-order valence-corrected chi connectivity index (χ2v) is 5.87. The monoisotopic (exact) mass is 338 g/mol. The first-order valence-corrected chi connectivity index (χ1v) is 7.76. The first-order chi connectivity index (χ1) is 10.6. The van der Waals surface area contributed by atoms with Crippen molar-refractivity contribution >= 4 is 40.4 Å². The molecule has 116 valence electrons. The average molecular weight is 339 g/mol. The summed E-state index contributed by atoms with van der Waals surface area (Å²) in [6.45, 7) is -0.0894. The summed E-state index contributed by atoms with van der Waals surface area (Å²) in [6, 6.07) is 8.69. The summed E-state index contributed by atoms with van der Waals surface area (Å²) in [5.41, 5.74) is 0.545. The molecule has 0 spiro atoms. The van der Waals surface area contributed by atoms with Crippen LogP contribution in [0.3, 0.4) is 0 Å². The quantitative estimate of drug-likeness (QED) is 0.851. The van der Waals surface area contributed by atoms with Crippen LogP contribution >= 0.6 is 22.9 Å². The predicted molar refractivity (Wildman–Crippen MR) is 87.7 cm³/mol. The van der Waals surface area contributed by atoms with Gasteiger partial charge in [-0.3, -0.25) is 9.59 Å². The van der Waals surface area contributed by atoms with Crippen molar-refractivity contribution in [3.05, 3.63) is 45.6 Å². The van der Waals surface area contributed by atoms with E-state index in [4.69, 9.17) is 16.3 Å². The van der Waals surface area contributed by atoms with Crippen molar-refractivity contribution < 1.29 is 14.3 Å². The number of nitrogens with one attached hydrogen (secondary N) is 2. The van der Waals surface area contributed by atoms with Crippen LogP contribution < -0.4 is 15.4 Å². The van der Waals surface area contributed by atoms with Gasteiger partial charge in [-0.1, -0.05) is 17.7 Å². The largest absolute Gasteiger partial charge is 0.495 e. The van der Waals surface area contributed by atoms with Gasteiger partial charge in [0.15, 0.2) is 0 Å². The number of carbonyl (C=O) groups is 2. The van der Waals surface area contributed by atoms with E-state index in [0.717, 1.165) is 4.88 Å². The summed E-state index contributed by atoms with van der Waals surface area (Å²) < 4.78 is 5.03. The standard InChI is InChI=1S/C15H15ClN2O3S/c1-21-13-5-4-10(7-12(13)16)18-15(20)9-17-14(19)8-11-3-2-6-22-11/h2-7H,8-9H2,1H3,(H,17,19)(H,18,20). The van der Waals surface area contributed by atoms with Gasteiger partial charge in [-0.25, -0.2) is 0 Å². The van der Waals surface area contributed by atoms with Crippen molar-refractivity contribution in [1.29, 1.82) is 0 Å². The zero-order chi connectivity index (χ0) is 15.9. The highest BCUT2D eigenvalue weighted by atomic mass is 35.5. The molecule has 2 rings (SSSR count). The molecule has 0 bridgehead atoms. The maximum Gasteiger partial charge on any atom is 0.243 e. The Morgan fingerprint density at radius 1 is 1.27 bits per heavy atom. The molecule has 0 aliphatic carbocycles. The molecule has 1 heterocycles. The van der Waals surface area contributed by atoms with Crippen molar-refractivity contribution in [3.63, 3.8) is 0 Å². The van der Waals surface area contributed by atoms with Gasteiger partial charge in [0, 0.05) is 10.6 Å². The minimum atomic E-state index is -0.319. The van der Waals surface area contributed by atoms with E-state index in [2.05, 4.69) is 10.6 Å². The van der Waals surface area contributed by atoms with Crippen LogP contribution in [0.1, 0.15) is 4.88 Å². The second-order valence-electron chi connectivity index (χ2n) is 4.43. The third kappa shape index (κ3) is 4.75. The lowest BCUT2D eigenvalue weighted by Crippen LogP contribution is -2.33. The van der Waals surface area contributed by atoms with Gasteiger partial charge < -0.3 is 15.4 Å². The number of carbonyl (C=O) groups excluding carboxylic acids is 2. The number of hydrogen-bond donors (Lipinski definition) is 2. The Morgan fingerprint density at radius 3 is 2.73 bits per heavy atom. The Labute approximate surface area is 137 Å². The summed E-state index contributed by atoms with van der Waals surface area (Å²) >= 11 is 7.48. The number of anilines is 1. The van der Waals surface area contributed by atoms with Gasteiger partial charge in [-0.2, -0.15) is 0 Å². The van der Waals surface area contributed by atoms with Gasteiger partial charge in [-0.15, -0.1) is 11.3 Å². The number of amides is 2. The first-order valence-electron chi connectivity index (χ1n) is 6.51. The number of ether oxygens (including phenoxy) is 1. The van der Waals surface area contributed by atoms with Gasteiger partial charge in [0.25, 0.3) is 0 Å². The van der Waals surface area contributed by atoms with Crippen LogP contribution in [-0.2, 0) is 16.0 Å². The van der Waals surface area contributed by atoms with Gasteiger partial charge in [0.2, 0.25) is 11.8 Å². The van der Waals surface area contributed by atoms with Crippen LogP contribution in [0, 0.1) is 0 Å². The molecule has 0 unspecified atom stereocenters. The van der Waals surface area contributed by atoms with E-state index in [9.17, 15) is 9.59 Å². The van der Waals surface area contributed by atoms with Crippen molar-refractivity contribution in [2.45, 2.75) is 6.42 Å². The number of methoxy groups -OCH3 is 1. The van der Waals surface area contributed by atoms with Crippen molar-refractivity contribution in [1.82, 2.24) is 5.32 Å². The molecule has 2 amide bonds. The maximum atomic E-state index is 11.8. The van der Waals surface area contributed by atoms with Gasteiger partial charge in [0.1, 0.15) is 5.75 Å². The molecule has 5 nitrogen and oxygen atoms in total. The zero-order valence-corrected chi connectivity index (χ0v) is 13.5. The van der Waals surface area contributed by atoms with E-state index < -0.39 is 0 Å². The van der Waals surface area contributed by atoms with Crippen molar-refractivity contribution in [2.24, 2.45) is 0 Å². The Hall–Kier alpha value is -2.05. The number of hydrogen-bond acceptors (Lipinski definition) is 4. The number of rotatable bonds is 6. The van der Waals surface area contributed by atoms with Crippen LogP contribution in [0.5, 0.6) is 5.75 Å².